The molecule has 8 heteroatoms. The number of rotatable bonds is 8. The number of benzene rings is 1. The molecule has 1 aromatic heterocycles. The van der Waals surface area contributed by atoms with E-state index in [2.05, 4.69) is 27.8 Å². The van der Waals surface area contributed by atoms with E-state index in [9.17, 15) is 19.5 Å². The first kappa shape index (κ1) is 25.8. The smallest absolute Gasteiger partial charge is 0.247 e. The number of carbonyl (C=O) groups excluding carboxylic acids is 3. The third-order valence-corrected chi connectivity index (χ3v) is 7.62. The summed E-state index contributed by atoms with van der Waals surface area (Å²) in [5.74, 6) is -1.16. The van der Waals surface area contributed by atoms with Gasteiger partial charge in [0.25, 0.3) is 0 Å². The summed E-state index contributed by atoms with van der Waals surface area (Å²) in [4.78, 5) is 47.5. The lowest BCUT2D eigenvalue weighted by molar-refractivity contribution is -0.159. The Kier molecular flexibility index (Phi) is 7.73. The Morgan fingerprint density at radius 3 is 2.42 bits per heavy atom. The highest BCUT2D eigenvalue weighted by Gasteiger charge is 2.50. The van der Waals surface area contributed by atoms with Gasteiger partial charge in [-0.3, -0.25) is 19.4 Å². The summed E-state index contributed by atoms with van der Waals surface area (Å²) in [6, 6.07) is 9.18. The van der Waals surface area contributed by atoms with Crippen LogP contribution in [-0.2, 0) is 27.2 Å². The van der Waals surface area contributed by atoms with E-state index in [1.54, 1.807) is 0 Å². The van der Waals surface area contributed by atoms with Crippen molar-refractivity contribution in [2.24, 2.45) is 11.8 Å². The van der Waals surface area contributed by atoms with Crippen molar-refractivity contribution < 1.29 is 19.5 Å². The lowest BCUT2D eigenvalue weighted by Crippen LogP contribution is -2.68. The van der Waals surface area contributed by atoms with Gasteiger partial charge in [-0.15, -0.1) is 0 Å². The van der Waals surface area contributed by atoms with Crippen molar-refractivity contribution in [1.82, 2.24) is 20.5 Å². The largest absolute Gasteiger partial charge is 0.395 e. The van der Waals surface area contributed by atoms with Crippen LogP contribution < -0.4 is 10.6 Å². The minimum absolute atomic E-state index is 0.0528. The average molecular weight is 493 g/mol. The van der Waals surface area contributed by atoms with Crippen LogP contribution in [0.25, 0.3) is 0 Å². The van der Waals surface area contributed by atoms with Gasteiger partial charge in [-0.05, 0) is 55.7 Å². The molecule has 3 amide bonds. The first-order valence-electron chi connectivity index (χ1n) is 12.8. The molecule has 3 N–H and O–H groups in total. The predicted molar refractivity (Wildman–Crippen MR) is 136 cm³/mol. The van der Waals surface area contributed by atoms with E-state index in [1.165, 1.54) is 16.0 Å². The number of amides is 3. The van der Waals surface area contributed by atoms with Crippen molar-refractivity contribution in [3.8, 4) is 0 Å². The molecule has 1 saturated heterocycles. The van der Waals surface area contributed by atoms with Gasteiger partial charge < -0.3 is 20.6 Å². The number of hydrogen-bond acceptors (Lipinski definition) is 5. The minimum atomic E-state index is -1.03. The zero-order chi connectivity index (χ0) is 26.0. The number of piperazine rings is 1. The van der Waals surface area contributed by atoms with Crippen molar-refractivity contribution in [3.63, 3.8) is 0 Å². The van der Waals surface area contributed by atoms with Gasteiger partial charge in [0.05, 0.1) is 6.61 Å². The van der Waals surface area contributed by atoms with Gasteiger partial charge in [-0.2, -0.15) is 0 Å². The van der Waals surface area contributed by atoms with E-state index in [0.29, 0.717) is 30.5 Å². The quantitative estimate of drug-likeness (QED) is 0.522. The number of aliphatic hydroxyl groups is 1. The molecule has 0 saturated carbocycles. The van der Waals surface area contributed by atoms with Gasteiger partial charge in [-0.1, -0.05) is 50.6 Å². The monoisotopic (exact) mass is 492 g/mol. The van der Waals surface area contributed by atoms with E-state index in [4.69, 9.17) is 0 Å². The molecule has 0 bridgehead atoms. The third-order valence-electron chi connectivity index (χ3n) is 7.62. The summed E-state index contributed by atoms with van der Waals surface area (Å²) in [7, 11) is 0. The van der Waals surface area contributed by atoms with Gasteiger partial charge in [0.15, 0.2) is 0 Å². The van der Waals surface area contributed by atoms with Crippen LogP contribution in [0, 0.1) is 25.7 Å². The van der Waals surface area contributed by atoms with Crippen LogP contribution in [-0.4, -0.2) is 57.9 Å². The van der Waals surface area contributed by atoms with Crippen LogP contribution >= 0.6 is 0 Å². The lowest BCUT2D eigenvalue weighted by atomic mass is 9.85. The Balaban J connectivity index is 1.78. The SMILES string of the molecule is CC[C@H](C)[C@@H]1C(=O)N[C@H](C2Cc3ccccc3C2)C(=O)N1[C@@H](C(=O)NCCO)c1ccc(C)nc1C. The summed E-state index contributed by atoms with van der Waals surface area (Å²) in [5, 5.41) is 15.1. The fourth-order valence-corrected chi connectivity index (χ4v) is 5.60. The Morgan fingerprint density at radius 2 is 1.83 bits per heavy atom. The Bertz CT molecular complexity index is 1130. The molecule has 2 aromatic rings. The Labute approximate surface area is 212 Å². The van der Waals surface area contributed by atoms with Gasteiger partial charge in [0.1, 0.15) is 18.1 Å². The second-order valence-corrected chi connectivity index (χ2v) is 10.0. The first-order chi connectivity index (χ1) is 17.3. The standard InChI is InChI=1S/C28H36N4O4/c1-5-16(2)24-27(35)31-23(21-14-19-8-6-7-9-20(19)15-21)28(36)32(24)25(26(34)29-12-13-33)22-11-10-17(3)30-18(22)4/h6-11,16,21,23-25,33H,5,12-15H2,1-4H3,(H,29,34)(H,31,35)/t16-,23+,24+,25+/m0/s1. The topological polar surface area (TPSA) is 112 Å². The summed E-state index contributed by atoms with van der Waals surface area (Å²) < 4.78 is 0. The second kappa shape index (κ2) is 10.8. The van der Waals surface area contributed by atoms with Crippen LogP contribution in [0.3, 0.4) is 0 Å². The van der Waals surface area contributed by atoms with Crippen molar-refractivity contribution in [2.75, 3.05) is 13.2 Å². The van der Waals surface area contributed by atoms with E-state index >= 15 is 0 Å². The van der Waals surface area contributed by atoms with Crippen molar-refractivity contribution >= 4 is 17.7 Å². The fourth-order valence-electron chi connectivity index (χ4n) is 5.60. The maximum atomic E-state index is 14.3. The highest BCUT2D eigenvalue weighted by molar-refractivity contribution is 6.00. The summed E-state index contributed by atoms with van der Waals surface area (Å²) >= 11 is 0. The number of aryl methyl sites for hydroxylation is 2. The third kappa shape index (κ3) is 4.87. The number of aromatic nitrogens is 1. The highest BCUT2D eigenvalue weighted by Crippen LogP contribution is 2.36. The molecular formula is C28H36N4O4. The van der Waals surface area contributed by atoms with E-state index in [0.717, 1.165) is 5.69 Å². The fraction of sp³-hybridized carbons (Fsp3) is 0.500. The molecule has 4 atom stereocenters. The average Bonchev–Trinajstić information content (AvgIpc) is 3.29. The summed E-state index contributed by atoms with van der Waals surface area (Å²) in [6.07, 6.45) is 2.06. The minimum Gasteiger partial charge on any atom is -0.395 e. The number of nitrogens with one attached hydrogen (secondary N) is 2. The number of carbonyl (C=O) groups is 3. The van der Waals surface area contributed by atoms with Crippen molar-refractivity contribution in [1.29, 1.82) is 0 Å². The normalized spacial score (nSPS) is 21.6. The maximum absolute atomic E-state index is 14.3. The molecule has 4 rings (SSSR count). The first-order valence-corrected chi connectivity index (χ1v) is 12.8. The van der Waals surface area contributed by atoms with Gasteiger partial charge in [0.2, 0.25) is 17.7 Å². The van der Waals surface area contributed by atoms with Gasteiger partial charge >= 0.3 is 0 Å². The zero-order valence-electron chi connectivity index (χ0n) is 21.5. The second-order valence-electron chi connectivity index (χ2n) is 10.0. The number of aliphatic hydroxyl groups excluding tert-OH is 1. The Morgan fingerprint density at radius 1 is 1.17 bits per heavy atom. The number of pyridine rings is 1. The summed E-state index contributed by atoms with van der Waals surface area (Å²) in [5.41, 5.74) is 4.40. The Hall–Kier alpha value is -3.26. The van der Waals surface area contributed by atoms with Crippen molar-refractivity contribution in [3.05, 3.63) is 64.5 Å². The van der Waals surface area contributed by atoms with Gasteiger partial charge in [-0.25, -0.2) is 0 Å². The number of nitrogens with zero attached hydrogens (tertiary/aromatic N) is 2. The summed E-state index contributed by atoms with van der Waals surface area (Å²) in [6.45, 7) is 7.41. The molecule has 192 valence electrons. The van der Waals surface area contributed by atoms with Crippen LogP contribution in [0.5, 0.6) is 0 Å². The molecule has 2 heterocycles. The molecule has 1 fully saturated rings. The molecule has 0 spiro atoms. The molecular weight excluding hydrogens is 456 g/mol. The molecule has 1 aromatic carbocycles. The van der Waals surface area contributed by atoms with Crippen LogP contribution in [0.4, 0.5) is 0 Å². The lowest BCUT2D eigenvalue weighted by Gasteiger charge is -2.46. The number of hydrogen-bond donors (Lipinski definition) is 3. The maximum Gasteiger partial charge on any atom is 0.247 e. The molecule has 0 radical (unpaired) electrons. The molecule has 0 unspecified atom stereocenters. The zero-order valence-corrected chi connectivity index (χ0v) is 21.5. The van der Waals surface area contributed by atoms with E-state index in [1.807, 2.05) is 52.0 Å². The molecule has 1 aliphatic carbocycles. The van der Waals surface area contributed by atoms with Crippen LogP contribution in [0.1, 0.15) is 54.4 Å². The molecule has 2 aliphatic rings. The van der Waals surface area contributed by atoms with Crippen LogP contribution in [0.15, 0.2) is 36.4 Å². The van der Waals surface area contributed by atoms with Crippen LogP contribution in [0.2, 0.25) is 0 Å². The predicted octanol–water partition coefficient (Wildman–Crippen LogP) is 2.00. The highest BCUT2D eigenvalue weighted by atomic mass is 16.3. The van der Waals surface area contributed by atoms with E-state index in [-0.39, 0.29) is 36.8 Å². The van der Waals surface area contributed by atoms with Crippen molar-refractivity contribution in [2.45, 2.75) is 65.1 Å². The van der Waals surface area contributed by atoms with Gasteiger partial charge in [0, 0.05) is 23.5 Å². The molecule has 8 nitrogen and oxygen atoms in total. The number of fused-ring (bicyclic) bond motifs is 1. The molecule has 36 heavy (non-hydrogen) atoms. The molecule has 1 aliphatic heterocycles. The van der Waals surface area contributed by atoms with E-state index < -0.39 is 24.0 Å².